The molecule has 0 aliphatic heterocycles. The molecule has 1 rings (SSSR count). The summed E-state index contributed by atoms with van der Waals surface area (Å²) in [5.41, 5.74) is -0.263. The van der Waals surface area contributed by atoms with Crippen molar-refractivity contribution in [3.05, 3.63) is 17.7 Å². The number of likely N-dealkylation sites (N-methyl/N-ethyl adjacent to an activating group) is 1. The van der Waals surface area contributed by atoms with Gasteiger partial charge in [0.25, 0.3) is 5.91 Å². The summed E-state index contributed by atoms with van der Waals surface area (Å²) in [4.78, 5) is 31.4. The Hall–Kier alpha value is -1.89. The number of carbonyl (C=O) groups is 2. The normalized spacial score (nSPS) is 12.7. The molecule has 7 nitrogen and oxygen atoms in total. The SMILES string of the molecule is CCC(CC)C(CNC(=O)c1nc[nH]c1C(=O)O)N(C)C. The van der Waals surface area contributed by atoms with Gasteiger partial charge in [0, 0.05) is 12.6 Å². The molecule has 0 fully saturated rings. The van der Waals surface area contributed by atoms with E-state index in [4.69, 9.17) is 5.11 Å². The molecule has 1 amide bonds. The smallest absolute Gasteiger partial charge is 0.354 e. The molecule has 1 aromatic heterocycles. The first-order valence-corrected chi connectivity index (χ1v) is 7.13. The average Bonchev–Trinajstić information content (AvgIpc) is 2.92. The Bertz CT molecular complexity index is 480. The fourth-order valence-electron chi connectivity index (χ4n) is 2.51. The Kier molecular flexibility index (Phi) is 6.36. The van der Waals surface area contributed by atoms with E-state index in [1.165, 1.54) is 6.33 Å². The van der Waals surface area contributed by atoms with Crippen LogP contribution in [0.15, 0.2) is 6.33 Å². The summed E-state index contributed by atoms with van der Waals surface area (Å²) in [6.45, 7) is 4.72. The number of hydrogen-bond acceptors (Lipinski definition) is 4. The van der Waals surface area contributed by atoms with E-state index in [-0.39, 0.29) is 17.4 Å². The van der Waals surface area contributed by atoms with Crippen molar-refractivity contribution in [1.82, 2.24) is 20.2 Å². The van der Waals surface area contributed by atoms with Crippen molar-refractivity contribution in [3.8, 4) is 0 Å². The molecule has 3 N–H and O–H groups in total. The fourth-order valence-corrected chi connectivity index (χ4v) is 2.51. The number of amides is 1. The van der Waals surface area contributed by atoms with Gasteiger partial charge < -0.3 is 20.3 Å². The molecule has 0 aliphatic rings. The van der Waals surface area contributed by atoms with Crippen LogP contribution >= 0.6 is 0 Å². The number of aromatic carboxylic acids is 1. The van der Waals surface area contributed by atoms with Crippen LogP contribution in [-0.2, 0) is 0 Å². The summed E-state index contributed by atoms with van der Waals surface area (Å²) in [5, 5.41) is 11.8. The number of imidazole rings is 1. The predicted molar refractivity (Wildman–Crippen MR) is 79.4 cm³/mol. The molecule has 0 radical (unpaired) electrons. The molecule has 0 saturated heterocycles. The van der Waals surface area contributed by atoms with E-state index >= 15 is 0 Å². The molecule has 1 aromatic rings. The quantitative estimate of drug-likeness (QED) is 0.669. The van der Waals surface area contributed by atoms with Crippen molar-refractivity contribution < 1.29 is 14.7 Å². The number of nitrogens with zero attached hydrogens (tertiary/aromatic N) is 2. The van der Waals surface area contributed by atoms with Crippen LogP contribution in [-0.4, -0.2) is 58.5 Å². The minimum atomic E-state index is -1.19. The molecular formula is C14H24N4O3. The number of hydrogen-bond donors (Lipinski definition) is 3. The molecule has 1 atom stereocenters. The highest BCUT2D eigenvalue weighted by molar-refractivity contribution is 6.02. The number of aromatic amines is 1. The third-order valence-electron chi connectivity index (χ3n) is 3.80. The maximum Gasteiger partial charge on any atom is 0.354 e. The van der Waals surface area contributed by atoms with Gasteiger partial charge in [-0.3, -0.25) is 4.79 Å². The van der Waals surface area contributed by atoms with Crippen LogP contribution in [0.4, 0.5) is 0 Å². The van der Waals surface area contributed by atoms with E-state index < -0.39 is 11.9 Å². The van der Waals surface area contributed by atoms with Crippen molar-refractivity contribution in [3.63, 3.8) is 0 Å². The molecule has 7 heteroatoms. The van der Waals surface area contributed by atoms with Gasteiger partial charge in [-0.2, -0.15) is 0 Å². The predicted octanol–water partition coefficient (Wildman–Crippen LogP) is 1.20. The van der Waals surface area contributed by atoms with Crippen LogP contribution in [0.25, 0.3) is 0 Å². The van der Waals surface area contributed by atoms with Crippen molar-refractivity contribution in [2.45, 2.75) is 32.7 Å². The first kappa shape index (κ1) is 17.2. The Balaban J connectivity index is 2.73. The molecule has 0 spiro atoms. The summed E-state index contributed by atoms with van der Waals surface area (Å²) in [6.07, 6.45) is 3.26. The fraction of sp³-hybridized carbons (Fsp3) is 0.643. The van der Waals surface area contributed by atoms with Crippen molar-refractivity contribution in [2.24, 2.45) is 5.92 Å². The van der Waals surface area contributed by atoms with Gasteiger partial charge in [-0.05, 0) is 20.0 Å². The second-order valence-corrected chi connectivity index (χ2v) is 5.25. The van der Waals surface area contributed by atoms with Gasteiger partial charge in [0.05, 0.1) is 6.33 Å². The standard InChI is InChI=1S/C14H24N4O3/c1-5-9(6-2)10(18(3)4)7-15-13(19)11-12(14(20)21)17-8-16-11/h8-10H,5-7H2,1-4H3,(H,15,19)(H,16,17)(H,20,21). The Morgan fingerprint density at radius 2 is 2.00 bits per heavy atom. The minimum absolute atomic E-state index is 0.0791. The number of carboxylic acids is 1. The summed E-state index contributed by atoms with van der Waals surface area (Å²) in [7, 11) is 3.96. The van der Waals surface area contributed by atoms with E-state index in [2.05, 4.69) is 34.0 Å². The van der Waals surface area contributed by atoms with Gasteiger partial charge in [-0.25, -0.2) is 9.78 Å². The van der Waals surface area contributed by atoms with E-state index in [9.17, 15) is 9.59 Å². The molecule has 1 heterocycles. The molecule has 0 aliphatic carbocycles. The highest BCUT2D eigenvalue weighted by Crippen LogP contribution is 2.16. The molecule has 0 bridgehead atoms. The maximum atomic E-state index is 12.1. The van der Waals surface area contributed by atoms with Gasteiger partial charge in [0.2, 0.25) is 0 Å². The third-order valence-corrected chi connectivity index (χ3v) is 3.80. The molecule has 1 unspecified atom stereocenters. The van der Waals surface area contributed by atoms with E-state index in [0.717, 1.165) is 12.8 Å². The molecule has 21 heavy (non-hydrogen) atoms. The van der Waals surface area contributed by atoms with Crippen LogP contribution in [0.3, 0.4) is 0 Å². The van der Waals surface area contributed by atoms with Gasteiger partial charge in [0.1, 0.15) is 0 Å². The number of rotatable bonds is 8. The van der Waals surface area contributed by atoms with Gasteiger partial charge in [-0.15, -0.1) is 0 Å². The zero-order valence-corrected chi connectivity index (χ0v) is 13.0. The molecule has 118 valence electrons. The topological polar surface area (TPSA) is 98.3 Å². The Morgan fingerprint density at radius 3 is 2.48 bits per heavy atom. The summed E-state index contributed by atoms with van der Waals surface area (Å²) in [5.74, 6) is -1.19. The van der Waals surface area contributed by atoms with Crippen LogP contribution in [0.5, 0.6) is 0 Å². The van der Waals surface area contributed by atoms with Crippen LogP contribution in [0.1, 0.15) is 47.7 Å². The lowest BCUT2D eigenvalue weighted by Gasteiger charge is -2.31. The number of aromatic nitrogens is 2. The highest BCUT2D eigenvalue weighted by Gasteiger charge is 2.24. The summed E-state index contributed by atoms with van der Waals surface area (Å²) >= 11 is 0. The monoisotopic (exact) mass is 296 g/mol. The van der Waals surface area contributed by atoms with Gasteiger partial charge >= 0.3 is 5.97 Å². The number of nitrogens with one attached hydrogen (secondary N) is 2. The molecule has 0 saturated carbocycles. The highest BCUT2D eigenvalue weighted by atomic mass is 16.4. The van der Waals surface area contributed by atoms with Crippen LogP contribution in [0.2, 0.25) is 0 Å². The van der Waals surface area contributed by atoms with E-state index in [1.54, 1.807) is 0 Å². The lowest BCUT2D eigenvalue weighted by Crippen LogP contribution is -2.45. The van der Waals surface area contributed by atoms with Crippen molar-refractivity contribution in [1.29, 1.82) is 0 Å². The maximum absolute atomic E-state index is 12.1. The van der Waals surface area contributed by atoms with E-state index in [0.29, 0.717) is 12.5 Å². The summed E-state index contributed by atoms with van der Waals surface area (Å²) in [6, 6.07) is 0.205. The number of carboxylic acid groups (broad SMARTS) is 1. The van der Waals surface area contributed by atoms with Crippen molar-refractivity contribution >= 4 is 11.9 Å². The van der Waals surface area contributed by atoms with E-state index in [1.807, 2.05) is 14.1 Å². The first-order chi connectivity index (χ1) is 9.92. The van der Waals surface area contributed by atoms with Crippen LogP contribution < -0.4 is 5.32 Å². The Morgan fingerprint density at radius 1 is 1.38 bits per heavy atom. The summed E-state index contributed by atoms with van der Waals surface area (Å²) < 4.78 is 0. The minimum Gasteiger partial charge on any atom is -0.477 e. The van der Waals surface area contributed by atoms with Crippen LogP contribution in [0, 0.1) is 5.92 Å². The number of H-pyrrole nitrogens is 1. The number of carbonyl (C=O) groups excluding carboxylic acids is 1. The average molecular weight is 296 g/mol. The Labute approximate surface area is 124 Å². The first-order valence-electron chi connectivity index (χ1n) is 7.13. The zero-order valence-electron chi connectivity index (χ0n) is 13.0. The molecular weight excluding hydrogens is 272 g/mol. The van der Waals surface area contributed by atoms with Crippen molar-refractivity contribution in [2.75, 3.05) is 20.6 Å². The lowest BCUT2D eigenvalue weighted by atomic mass is 9.93. The second kappa shape index (κ2) is 7.78. The lowest BCUT2D eigenvalue weighted by molar-refractivity contribution is 0.0684. The second-order valence-electron chi connectivity index (χ2n) is 5.25. The third kappa shape index (κ3) is 4.29. The van der Waals surface area contributed by atoms with Gasteiger partial charge in [0.15, 0.2) is 11.4 Å². The zero-order chi connectivity index (χ0) is 16.0. The van der Waals surface area contributed by atoms with Gasteiger partial charge in [-0.1, -0.05) is 26.7 Å². The largest absolute Gasteiger partial charge is 0.477 e. The molecule has 0 aromatic carbocycles.